The summed E-state index contributed by atoms with van der Waals surface area (Å²) in [6.07, 6.45) is 0. The summed E-state index contributed by atoms with van der Waals surface area (Å²) in [5.41, 5.74) is -3.71. The summed E-state index contributed by atoms with van der Waals surface area (Å²) in [7, 11) is -0.369. The van der Waals surface area contributed by atoms with Crippen molar-refractivity contribution in [1.29, 1.82) is 0 Å². The summed E-state index contributed by atoms with van der Waals surface area (Å²) in [6, 6.07) is 0. The van der Waals surface area contributed by atoms with Crippen molar-refractivity contribution in [3.8, 4) is 0 Å². The SMILES string of the molecule is F.Fc1c(F)c(F)c([B]c2c(F)c(F)c(F)c(F)c2F)c(F)c1F. The molecule has 2 aromatic rings. The van der Waals surface area contributed by atoms with Gasteiger partial charge in [-0.05, 0) is 10.9 Å². The highest BCUT2D eigenvalue weighted by Crippen LogP contribution is 2.18. The Morgan fingerprint density at radius 3 is 0.708 bits per heavy atom. The number of hydrogen-bond acceptors (Lipinski definition) is 0. The van der Waals surface area contributed by atoms with Crippen LogP contribution in [0.1, 0.15) is 0 Å². The van der Waals surface area contributed by atoms with Crippen LogP contribution < -0.4 is 10.9 Å². The molecule has 24 heavy (non-hydrogen) atoms. The molecule has 0 amide bonds. The zero-order valence-electron chi connectivity index (χ0n) is 10.8. The lowest BCUT2D eigenvalue weighted by molar-refractivity contribution is 0.382. The molecule has 0 aliphatic carbocycles. The highest BCUT2D eigenvalue weighted by Gasteiger charge is 2.31. The molecule has 0 unspecified atom stereocenters. The Morgan fingerprint density at radius 1 is 0.333 bits per heavy atom. The summed E-state index contributed by atoms with van der Waals surface area (Å²) in [5, 5.41) is 0. The van der Waals surface area contributed by atoms with Gasteiger partial charge >= 0.3 is 0 Å². The van der Waals surface area contributed by atoms with Gasteiger partial charge < -0.3 is 0 Å². The van der Waals surface area contributed by atoms with E-state index in [9.17, 15) is 43.9 Å². The molecule has 0 aliphatic heterocycles. The Hall–Kier alpha value is -2.27. The predicted octanol–water partition coefficient (Wildman–Crippen LogP) is 2.89. The van der Waals surface area contributed by atoms with E-state index in [-0.39, 0.29) is 12.0 Å². The molecule has 0 atom stereocenters. The molecular formula is C12HBF11. The van der Waals surface area contributed by atoms with Crippen LogP contribution in [0.25, 0.3) is 0 Å². The summed E-state index contributed by atoms with van der Waals surface area (Å²) in [6.45, 7) is 0. The Bertz CT molecular complexity index is 692. The minimum Gasteiger partial charge on any atom is -0.269 e. The molecule has 12 heteroatoms. The van der Waals surface area contributed by atoms with Gasteiger partial charge in [0, 0.05) is 0 Å². The fourth-order valence-corrected chi connectivity index (χ4v) is 1.64. The molecule has 0 saturated heterocycles. The van der Waals surface area contributed by atoms with E-state index in [0.29, 0.717) is 0 Å². The van der Waals surface area contributed by atoms with Crippen LogP contribution in [0, 0.1) is 58.2 Å². The van der Waals surface area contributed by atoms with Crippen LogP contribution in [-0.4, -0.2) is 7.28 Å². The molecule has 0 spiro atoms. The van der Waals surface area contributed by atoms with Crippen LogP contribution in [0.4, 0.5) is 48.6 Å². The zero-order valence-corrected chi connectivity index (χ0v) is 10.8. The quantitative estimate of drug-likeness (QED) is 0.333. The molecule has 129 valence electrons. The van der Waals surface area contributed by atoms with Gasteiger partial charge in [-0.25, -0.2) is 43.9 Å². The predicted molar refractivity (Wildman–Crippen MR) is 60.0 cm³/mol. The van der Waals surface area contributed by atoms with E-state index in [4.69, 9.17) is 0 Å². The van der Waals surface area contributed by atoms with Crippen molar-refractivity contribution < 1.29 is 48.6 Å². The summed E-state index contributed by atoms with van der Waals surface area (Å²) in [4.78, 5) is 0. The fraction of sp³-hybridized carbons (Fsp3) is 0. The Morgan fingerprint density at radius 2 is 0.500 bits per heavy atom. The molecule has 2 aromatic carbocycles. The topological polar surface area (TPSA) is 0 Å². The molecule has 0 aromatic heterocycles. The Kier molecular flexibility index (Phi) is 5.52. The van der Waals surface area contributed by atoms with Gasteiger partial charge in [0.05, 0.1) is 0 Å². The maximum Gasteiger partial charge on any atom is 0.207 e. The van der Waals surface area contributed by atoms with Gasteiger partial charge in [0.2, 0.25) is 7.28 Å². The van der Waals surface area contributed by atoms with E-state index in [0.717, 1.165) is 0 Å². The van der Waals surface area contributed by atoms with Crippen molar-refractivity contribution in [2.75, 3.05) is 0 Å². The average Bonchev–Trinajstić information content (AvgIpc) is 2.54. The van der Waals surface area contributed by atoms with Crippen LogP contribution in [0.2, 0.25) is 0 Å². The maximum atomic E-state index is 13.4. The summed E-state index contributed by atoms with van der Waals surface area (Å²) in [5.74, 6) is -24.9. The largest absolute Gasteiger partial charge is 0.269 e. The van der Waals surface area contributed by atoms with E-state index in [1.165, 1.54) is 0 Å². The van der Waals surface area contributed by atoms with Crippen molar-refractivity contribution in [1.82, 2.24) is 0 Å². The number of rotatable bonds is 2. The second-order valence-corrected chi connectivity index (χ2v) is 4.11. The lowest BCUT2D eigenvalue weighted by atomic mass is 9.62. The van der Waals surface area contributed by atoms with Crippen molar-refractivity contribution in [2.24, 2.45) is 0 Å². The molecule has 0 nitrogen and oxygen atoms in total. The highest BCUT2D eigenvalue weighted by molar-refractivity contribution is 6.67. The van der Waals surface area contributed by atoms with Gasteiger partial charge in [-0.3, -0.25) is 4.70 Å². The van der Waals surface area contributed by atoms with E-state index in [1.54, 1.807) is 0 Å². The van der Waals surface area contributed by atoms with Crippen LogP contribution in [0.15, 0.2) is 0 Å². The first-order valence-electron chi connectivity index (χ1n) is 5.47. The monoisotopic (exact) mass is 365 g/mol. The van der Waals surface area contributed by atoms with E-state index in [2.05, 4.69) is 0 Å². The molecule has 0 bridgehead atoms. The van der Waals surface area contributed by atoms with Crippen LogP contribution in [0.5, 0.6) is 0 Å². The maximum absolute atomic E-state index is 13.4. The second-order valence-electron chi connectivity index (χ2n) is 4.11. The first kappa shape index (κ1) is 19.8. The first-order valence-corrected chi connectivity index (χ1v) is 5.47. The normalized spacial score (nSPS) is 10.6. The van der Waals surface area contributed by atoms with Gasteiger partial charge in [0.1, 0.15) is 0 Å². The van der Waals surface area contributed by atoms with Crippen LogP contribution in [-0.2, 0) is 0 Å². The minimum absolute atomic E-state index is 0. The van der Waals surface area contributed by atoms with Gasteiger partial charge in [-0.15, -0.1) is 0 Å². The van der Waals surface area contributed by atoms with Gasteiger partial charge in [-0.1, -0.05) is 0 Å². The fourth-order valence-electron chi connectivity index (χ4n) is 1.64. The smallest absolute Gasteiger partial charge is 0.207 e. The average molecular weight is 365 g/mol. The zero-order chi connectivity index (χ0) is 17.6. The van der Waals surface area contributed by atoms with E-state index in [1.807, 2.05) is 0 Å². The molecule has 0 heterocycles. The number of benzene rings is 2. The van der Waals surface area contributed by atoms with Crippen LogP contribution in [0.3, 0.4) is 0 Å². The summed E-state index contributed by atoms with van der Waals surface area (Å²) >= 11 is 0. The van der Waals surface area contributed by atoms with Crippen molar-refractivity contribution in [2.45, 2.75) is 0 Å². The molecule has 1 radical (unpaired) electrons. The van der Waals surface area contributed by atoms with Crippen molar-refractivity contribution in [3.63, 3.8) is 0 Å². The molecule has 0 saturated carbocycles. The highest BCUT2D eigenvalue weighted by atomic mass is 19.2. The lowest BCUT2D eigenvalue weighted by Gasteiger charge is -2.10. The van der Waals surface area contributed by atoms with Gasteiger partial charge in [0.15, 0.2) is 58.2 Å². The Labute approximate surface area is 126 Å². The van der Waals surface area contributed by atoms with Crippen LogP contribution >= 0.6 is 0 Å². The van der Waals surface area contributed by atoms with E-state index < -0.39 is 69.1 Å². The molecular weight excluding hydrogens is 364 g/mol. The third kappa shape index (κ3) is 2.80. The van der Waals surface area contributed by atoms with Crippen molar-refractivity contribution in [3.05, 3.63) is 58.2 Å². The lowest BCUT2D eigenvalue weighted by Crippen LogP contribution is -2.39. The molecule has 0 N–H and O–H groups in total. The van der Waals surface area contributed by atoms with E-state index >= 15 is 0 Å². The molecule has 0 fully saturated rings. The third-order valence-corrected chi connectivity index (χ3v) is 2.78. The Balaban J connectivity index is 0.00000288. The molecule has 2 rings (SSSR count). The van der Waals surface area contributed by atoms with Gasteiger partial charge in [-0.2, -0.15) is 0 Å². The van der Waals surface area contributed by atoms with Gasteiger partial charge in [0.25, 0.3) is 0 Å². The number of halogens is 11. The summed E-state index contributed by atoms with van der Waals surface area (Å²) < 4.78 is 131. The standard InChI is InChI=1S/C12BF10.FH/c14-3-1(4(15)8(19)11(22)7(3)18)13-2-5(16)9(20)12(23)10(21)6(2)17;/h;1H. The second kappa shape index (κ2) is 6.69. The number of hydrogen-bond donors (Lipinski definition) is 0. The minimum atomic E-state index is -2.55. The van der Waals surface area contributed by atoms with Crippen molar-refractivity contribution >= 4 is 18.2 Å². The third-order valence-electron chi connectivity index (χ3n) is 2.78. The molecule has 0 aliphatic rings. The first-order chi connectivity index (χ1) is 10.6.